The van der Waals surface area contributed by atoms with Gasteiger partial charge in [-0.05, 0) is 33.2 Å². The fraction of sp³-hybridized carbons (Fsp3) is 0.938. The molecule has 1 fully saturated rings. The summed E-state index contributed by atoms with van der Waals surface area (Å²) in [6.45, 7) is 8.32. The maximum Gasteiger partial charge on any atom is 0.236 e. The Morgan fingerprint density at radius 2 is 1.75 bits per heavy atom. The summed E-state index contributed by atoms with van der Waals surface area (Å²) in [7, 11) is 1.89. The van der Waals surface area contributed by atoms with Crippen molar-refractivity contribution in [1.29, 1.82) is 0 Å². The fourth-order valence-electron chi connectivity index (χ4n) is 3.21. The van der Waals surface area contributed by atoms with Crippen LogP contribution in [0.5, 0.6) is 0 Å². The van der Waals surface area contributed by atoms with Crippen molar-refractivity contribution in [3.63, 3.8) is 0 Å². The second kappa shape index (κ2) is 7.99. The highest BCUT2D eigenvalue weighted by molar-refractivity contribution is 5.78. The molecule has 0 radical (unpaired) electrons. The van der Waals surface area contributed by atoms with Gasteiger partial charge in [-0.3, -0.25) is 9.69 Å². The van der Waals surface area contributed by atoms with E-state index in [1.54, 1.807) is 0 Å². The molecule has 1 aliphatic carbocycles. The minimum absolute atomic E-state index is 0.0404. The molecule has 1 amide bonds. The van der Waals surface area contributed by atoms with E-state index in [9.17, 15) is 4.79 Å². The van der Waals surface area contributed by atoms with Crippen molar-refractivity contribution < 1.29 is 4.79 Å². The fourth-order valence-corrected chi connectivity index (χ4v) is 3.21. The highest BCUT2D eigenvalue weighted by Gasteiger charge is 2.36. The molecule has 1 aliphatic rings. The molecule has 4 nitrogen and oxygen atoms in total. The van der Waals surface area contributed by atoms with E-state index in [1.807, 2.05) is 11.9 Å². The van der Waals surface area contributed by atoms with E-state index >= 15 is 0 Å². The third-order valence-corrected chi connectivity index (χ3v) is 4.96. The van der Waals surface area contributed by atoms with Gasteiger partial charge in [0, 0.05) is 25.2 Å². The van der Waals surface area contributed by atoms with E-state index in [1.165, 1.54) is 25.7 Å². The molecule has 118 valence electrons. The van der Waals surface area contributed by atoms with Crippen LogP contribution >= 0.6 is 0 Å². The van der Waals surface area contributed by atoms with Crippen LogP contribution in [0.2, 0.25) is 0 Å². The normalized spacial score (nSPS) is 19.1. The number of carbonyl (C=O) groups is 1. The second-order valence-electron chi connectivity index (χ2n) is 6.46. The molecule has 0 bridgehead atoms. The molecule has 0 aliphatic heterocycles. The third kappa shape index (κ3) is 4.19. The Kier molecular flexibility index (Phi) is 6.96. The first-order chi connectivity index (χ1) is 9.46. The van der Waals surface area contributed by atoms with Gasteiger partial charge in [-0.25, -0.2) is 0 Å². The highest BCUT2D eigenvalue weighted by Crippen LogP contribution is 2.31. The Labute approximate surface area is 124 Å². The van der Waals surface area contributed by atoms with Gasteiger partial charge < -0.3 is 10.6 Å². The number of nitrogens with zero attached hydrogens (tertiary/aromatic N) is 2. The topological polar surface area (TPSA) is 49.6 Å². The average Bonchev–Trinajstić information content (AvgIpc) is 2.69. The number of likely N-dealkylation sites (N-methyl/N-ethyl adjacent to an activating group) is 2. The second-order valence-corrected chi connectivity index (χ2v) is 6.46. The number of amides is 1. The van der Waals surface area contributed by atoms with Gasteiger partial charge in [-0.2, -0.15) is 0 Å². The van der Waals surface area contributed by atoms with Crippen LogP contribution in [0.25, 0.3) is 0 Å². The number of hydrogen-bond acceptors (Lipinski definition) is 3. The van der Waals surface area contributed by atoms with Crippen LogP contribution in [0.15, 0.2) is 0 Å². The van der Waals surface area contributed by atoms with Gasteiger partial charge in [0.25, 0.3) is 0 Å². The van der Waals surface area contributed by atoms with Crippen molar-refractivity contribution in [1.82, 2.24) is 9.80 Å². The molecular formula is C16H33N3O. The van der Waals surface area contributed by atoms with Crippen molar-refractivity contribution >= 4 is 5.91 Å². The molecule has 20 heavy (non-hydrogen) atoms. The molecule has 1 saturated carbocycles. The molecule has 0 aromatic carbocycles. The Hall–Kier alpha value is -0.610. The summed E-state index contributed by atoms with van der Waals surface area (Å²) in [5.41, 5.74) is 6.17. The standard InChI is InChI=1S/C16H33N3O/c1-5-19(12-15(20)18(4)14(2)3)16(13-17)10-8-6-7-9-11-16/h14H,5-13,17H2,1-4H3. The van der Waals surface area contributed by atoms with E-state index < -0.39 is 0 Å². The first-order valence-corrected chi connectivity index (χ1v) is 8.17. The number of carbonyl (C=O) groups excluding carboxylic acids is 1. The molecule has 0 spiro atoms. The average molecular weight is 283 g/mol. The molecule has 1 rings (SSSR count). The van der Waals surface area contributed by atoms with Gasteiger partial charge >= 0.3 is 0 Å². The Morgan fingerprint density at radius 1 is 1.20 bits per heavy atom. The number of rotatable bonds is 6. The minimum Gasteiger partial charge on any atom is -0.342 e. The lowest BCUT2D eigenvalue weighted by Crippen LogP contribution is -2.56. The van der Waals surface area contributed by atoms with Crippen molar-refractivity contribution in [2.24, 2.45) is 5.73 Å². The molecule has 0 aromatic heterocycles. The van der Waals surface area contributed by atoms with Crippen LogP contribution in [0.3, 0.4) is 0 Å². The largest absolute Gasteiger partial charge is 0.342 e. The van der Waals surface area contributed by atoms with Gasteiger partial charge in [0.05, 0.1) is 6.54 Å². The summed E-state index contributed by atoms with van der Waals surface area (Å²) in [6.07, 6.45) is 7.36. The summed E-state index contributed by atoms with van der Waals surface area (Å²) in [5, 5.41) is 0. The van der Waals surface area contributed by atoms with Crippen LogP contribution in [-0.2, 0) is 4.79 Å². The van der Waals surface area contributed by atoms with Gasteiger partial charge in [0.2, 0.25) is 5.91 Å². The number of nitrogens with two attached hydrogens (primary N) is 1. The Morgan fingerprint density at radius 3 is 2.15 bits per heavy atom. The first-order valence-electron chi connectivity index (χ1n) is 8.17. The van der Waals surface area contributed by atoms with E-state index in [-0.39, 0.29) is 17.5 Å². The van der Waals surface area contributed by atoms with E-state index in [0.717, 1.165) is 19.4 Å². The summed E-state index contributed by atoms with van der Waals surface area (Å²) in [6, 6.07) is 0.254. The lowest BCUT2D eigenvalue weighted by Gasteiger charge is -2.43. The van der Waals surface area contributed by atoms with Crippen LogP contribution in [-0.4, -0.2) is 54.0 Å². The predicted octanol–water partition coefficient (Wildman–Crippen LogP) is 2.23. The molecule has 0 aromatic rings. The van der Waals surface area contributed by atoms with Crippen LogP contribution in [0.1, 0.15) is 59.3 Å². The molecule has 0 saturated heterocycles. The van der Waals surface area contributed by atoms with Gasteiger partial charge in [-0.15, -0.1) is 0 Å². The molecular weight excluding hydrogens is 250 g/mol. The lowest BCUT2D eigenvalue weighted by molar-refractivity contribution is -0.134. The van der Waals surface area contributed by atoms with Gasteiger partial charge in [0.15, 0.2) is 0 Å². The van der Waals surface area contributed by atoms with Crippen LogP contribution in [0, 0.1) is 0 Å². The van der Waals surface area contributed by atoms with Gasteiger partial charge in [0.1, 0.15) is 0 Å². The predicted molar refractivity (Wildman–Crippen MR) is 84.6 cm³/mol. The Balaban J connectivity index is 2.78. The maximum atomic E-state index is 12.4. The summed E-state index contributed by atoms with van der Waals surface area (Å²) >= 11 is 0. The zero-order valence-corrected chi connectivity index (χ0v) is 13.8. The van der Waals surface area contributed by atoms with Crippen LogP contribution < -0.4 is 5.73 Å². The van der Waals surface area contributed by atoms with E-state index in [4.69, 9.17) is 5.73 Å². The minimum atomic E-state index is 0.0404. The van der Waals surface area contributed by atoms with Crippen molar-refractivity contribution in [3.8, 4) is 0 Å². The van der Waals surface area contributed by atoms with E-state index in [2.05, 4.69) is 25.7 Å². The first kappa shape index (κ1) is 17.4. The Bertz CT molecular complexity index is 296. The van der Waals surface area contributed by atoms with Crippen molar-refractivity contribution in [2.45, 2.75) is 70.9 Å². The summed E-state index contributed by atoms with van der Waals surface area (Å²) in [4.78, 5) is 16.6. The zero-order valence-electron chi connectivity index (χ0n) is 13.8. The maximum absolute atomic E-state index is 12.4. The molecule has 0 atom stereocenters. The van der Waals surface area contributed by atoms with E-state index in [0.29, 0.717) is 13.1 Å². The quantitative estimate of drug-likeness (QED) is 0.761. The zero-order chi connectivity index (χ0) is 15.2. The van der Waals surface area contributed by atoms with Gasteiger partial charge in [-0.1, -0.05) is 32.6 Å². The lowest BCUT2D eigenvalue weighted by atomic mass is 9.88. The third-order valence-electron chi connectivity index (χ3n) is 4.96. The monoisotopic (exact) mass is 283 g/mol. The number of hydrogen-bond donors (Lipinski definition) is 1. The highest BCUT2D eigenvalue weighted by atomic mass is 16.2. The SMILES string of the molecule is CCN(CC(=O)N(C)C(C)C)C1(CN)CCCCCC1. The smallest absolute Gasteiger partial charge is 0.236 e. The summed E-state index contributed by atoms with van der Waals surface area (Å²) < 4.78 is 0. The molecule has 0 heterocycles. The molecule has 4 heteroatoms. The van der Waals surface area contributed by atoms with Crippen molar-refractivity contribution in [2.75, 3.05) is 26.7 Å². The summed E-state index contributed by atoms with van der Waals surface area (Å²) in [5.74, 6) is 0.207. The molecule has 0 unspecified atom stereocenters. The molecule has 2 N–H and O–H groups in total. The van der Waals surface area contributed by atoms with Crippen LogP contribution in [0.4, 0.5) is 0 Å². The van der Waals surface area contributed by atoms with Crippen molar-refractivity contribution in [3.05, 3.63) is 0 Å².